The first-order valence-electron chi connectivity index (χ1n) is 8.37. The van der Waals surface area contributed by atoms with E-state index in [0.29, 0.717) is 11.5 Å². The second kappa shape index (κ2) is 7.20. The number of para-hydroxylation sites is 1. The maximum Gasteiger partial charge on any atom is 0.161 e. The number of ether oxygens (including phenoxy) is 2. The molecule has 2 heterocycles. The normalized spacial score (nSPS) is 10.8. The largest absolute Gasteiger partial charge is 0.493 e. The third-order valence-electron chi connectivity index (χ3n) is 4.28. The maximum absolute atomic E-state index is 5.39. The lowest BCUT2D eigenvalue weighted by Crippen LogP contribution is -1.98. The topological polar surface area (TPSA) is 62.1 Å². The van der Waals surface area contributed by atoms with E-state index in [1.165, 1.54) is 0 Å². The molecular weight excluding hydrogens is 360 g/mol. The number of aromatic nitrogens is 4. The van der Waals surface area contributed by atoms with E-state index in [0.717, 1.165) is 33.3 Å². The van der Waals surface area contributed by atoms with Gasteiger partial charge in [-0.3, -0.25) is 0 Å². The standard InChI is InChI=1S/C20H18N4O2S/c1-13-19(22-23-24(13)15-7-5-4-6-8-15)20-21-16(12-27-20)14-9-10-17(25-2)18(11-14)26-3/h4-12H,1-3H3. The van der Waals surface area contributed by atoms with Crippen molar-refractivity contribution in [2.45, 2.75) is 6.92 Å². The Kier molecular flexibility index (Phi) is 4.60. The first-order valence-corrected chi connectivity index (χ1v) is 9.25. The van der Waals surface area contributed by atoms with Gasteiger partial charge in [0.05, 0.1) is 31.3 Å². The number of nitrogens with zero attached hydrogens (tertiary/aromatic N) is 4. The van der Waals surface area contributed by atoms with Crippen molar-refractivity contribution in [3.8, 4) is 39.1 Å². The maximum atomic E-state index is 5.39. The van der Waals surface area contributed by atoms with Crippen LogP contribution in [0.1, 0.15) is 5.69 Å². The fraction of sp³-hybridized carbons (Fsp3) is 0.150. The van der Waals surface area contributed by atoms with Crippen LogP contribution in [0.5, 0.6) is 11.5 Å². The molecule has 0 fully saturated rings. The molecular formula is C20H18N4O2S. The molecule has 0 aliphatic carbocycles. The average Bonchev–Trinajstić information content (AvgIpc) is 3.34. The molecule has 0 saturated carbocycles. The number of rotatable bonds is 5. The SMILES string of the molecule is COc1ccc(-c2csc(-c3nnn(-c4ccccc4)c3C)n2)cc1OC. The summed E-state index contributed by atoms with van der Waals surface area (Å²) in [4.78, 5) is 4.76. The Hall–Kier alpha value is -3.19. The summed E-state index contributed by atoms with van der Waals surface area (Å²) in [5.41, 5.74) is 4.54. The van der Waals surface area contributed by atoms with Crippen molar-refractivity contribution in [1.29, 1.82) is 0 Å². The Morgan fingerprint density at radius 3 is 2.48 bits per heavy atom. The molecule has 2 aromatic heterocycles. The van der Waals surface area contributed by atoms with E-state index >= 15 is 0 Å². The van der Waals surface area contributed by atoms with E-state index in [1.807, 2.05) is 65.5 Å². The predicted octanol–water partition coefficient (Wildman–Crippen LogP) is 4.38. The van der Waals surface area contributed by atoms with Gasteiger partial charge in [0.2, 0.25) is 0 Å². The molecule has 7 heteroatoms. The summed E-state index contributed by atoms with van der Waals surface area (Å²) in [6.07, 6.45) is 0. The van der Waals surface area contributed by atoms with Crippen LogP contribution in [0.25, 0.3) is 27.6 Å². The van der Waals surface area contributed by atoms with Crippen LogP contribution >= 0.6 is 11.3 Å². The molecule has 0 N–H and O–H groups in total. The molecule has 0 aliphatic heterocycles. The van der Waals surface area contributed by atoms with Crippen LogP contribution in [0, 0.1) is 6.92 Å². The van der Waals surface area contributed by atoms with Crippen molar-refractivity contribution in [2.24, 2.45) is 0 Å². The van der Waals surface area contributed by atoms with Gasteiger partial charge in [-0.15, -0.1) is 16.4 Å². The highest BCUT2D eigenvalue weighted by Gasteiger charge is 2.16. The lowest BCUT2D eigenvalue weighted by molar-refractivity contribution is 0.355. The highest BCUT2D eigenvalue weighted by Crippen LogP contribution is 2.34. The Balaban J connectivity index is 1.69. The molecule has 6 nitrogen and oxygen atoms in total. The minimum Gasteiger partial charge on any atom is -0.493 e. The van der Waals surface area contributed by atoms with E-state index in [-0.39, 0.29) is 0 Å². The number of hydrogen-bond acceptors (Lipinski definition) is 6. The third-order valence-corrected chi connectivity index (χ3v) is 5.13. The average molecular weight is 378 g/mol. The molecule has 0 unspecified atom stereocenters. The quantitative estimate of drug-likeness (QED) is 0.516. The van der Waals surface area contributed by atoms with Gasteiger partial charge in [0, 0.05) is 10.9 Å². The molecule has 0 atom stereocenters. The van der Waals surface area contributed by atoms with Crippen LogP contribution < -0.4 is 9.47 Å². The fourth-order valence-electron chi connectivity index (χ4n) is 2.85. The smallest absolute Gasteiger partial charge is 0.161 e. The van der Waals surface area contributed by atoms with Crippen molar-refractivity contribution in [3.05, 3.63) is 59.6 Å². The molecule has 0 bridgehead atoms. The number of methoxy groups -OCH3 is 2. The molecule has 0 radical (unpaired) electrons. The molecule has 2 aromatic carbocycles. The molecule has 4 rings (SSSR count). The first-order chi connectivity index (χ1) is 13.2. The summed E-state index contributed by atoms with van der Waals surface area (Å²) in [5.74, 6) is 1.37. The zero-order valence-corrected chi connectivity index (χ0v) is 16.0. The molecule has 136 valence electrons. The van der Waals surface area contributed by atoms with E-state index in [9.17, 15) is 0 Å². The molecule has 27 heavy (non-hydrogen) atoms. The van der Waals surface area contributed by atoms with Crippen LogP contribution in [0.4, 0.5) is 0 Å². The van der Waals surface area contributed by atoms with E-state index in [1.54, 1.807) is 25.6 Å². The fourth-order valence-corrected chi connectivity index (χ4v) is 3.72. The van der Waals surface area contributed by atoms with Gasteiger partial charge in [-0.2, -0.15) is 0 Å². The van der Waals surface area contributed by atoms with Crippen molar-refractivity contribution < 1.29 is 9.47 Å². The van der Waals surface area contributed by atoms with Crippen LogP contribution in [0.3, 0.4) is 0 Å². The van der Waals surface area contributed by atoms with Gasteiger partial charge in [-0.1, -0.05) is 23.4 Å². The number of thiazole rings is 1. The Bertz CT molecular complexity index is 1070. The molecule has 0 aliphatic rings. The first kappa shape index (κ1) is 17.2. The number of hydrogen-bond donors (Lipinski definition) is 0. The summed E-state index contributed by atoms with van der Waals surface area (Å²) in [5, 5.41) is 11.5. The van der Waals surface area contributed by atoms with Gasteiger partial charge >= 0.3 is 0 Å². The van der Waals surface area contributed by atoms with Gasteiger partial charge in [-0.25, -0.2) is 9.67 Å². The zero-order valence-electron chi connectivity index (χ0n) is 15.2. The van der Waals surface area contributed by atoms with Crippen molar-refractivity contribution in [1.82, 2.24) is 20.0 Å². The Labute approximate surface area is 161 Å². The van der Waals surface area contributed by atoms with E-state index in [4.69, 9.17) is 14.5 Å². The van der Waals surface area contributed by atoms with E-state index in [2.05, 4.69) is 10.3 Å². The molecule has 0 amide bonds. The van der Waals surface area contributed by atoms with Crippen LogP contribution in [-0.4, -0.2) is 34.2 Å². The second-order valence-electron chi connectivity index (χ2n) is 5.88. The van der Waals surface area contributed by atoms with Gasteiger partial charge in [0.15, 0.2) is 11.5 Å². The summed E-state index contributed by atoms with van der Waals surface area (Å²) >= 11 is 1.54. The monoisotopic (exact) mass is 378 g/mol. The van der Waals surface area contributed by atoms with E-state index < -0.39 is 0 Å². The second-order valence-corrected chi connectivity index (χ2v) is 6.74. The van der Waals surface area contributed by atoms with Crippen LogP contribution in [0.15, 0.2) is 53.9 Å². The number of benzene rings is 2. The Morgan fingerprint density at radius 1 is 0.963 bits per heavy atom. The summed E-state index contributed by atoms with van der Waals surface area (Å²) in [7, 11) is 3.25. The lowest BCUT2D eigenvalue weighted by atomic mass is 10.1. The third kappa shape index (κ3) is 3.17. The van der Waals surface area contributed by atoms with Crippen LogP contribution in [-0.2, 0) is 0 Å². The zero-order chi connectivity index (χ0) is 18.8. The summed E-state index contributed by atoms with van der Waals surface area (Å²) in [6.45, 7) is 2.00. The van der Waals surface area contributed by atoms with Gasteiger partial charge in [0.1, 0.15) is 10.7 Å². The minimum atomic E-state index is 0.677. The molecule has 4 aromatic rings. The van der Waals surface area contributed by atoms with Crippen LogP contribution in [0.2, 0.25) is 0 Å². The Morgan fingerprint density at radius 2 is 1.74 bits per heavy atom. The highest BCUT2D eigenvalue weighted by atomic mass is 32.1. The summed E-state index contributed by atoms with van der Waals surface area (Å²) in [6, 6.07) is 15.7. The van der Waals surface area contributed by atoms with Gasteiger partial charge < -0.3 is 9.47 Å². The lowest BCUT2D eigenvalue weighted by Gasteiger charge is -2.08. The van der Waals surface area contributed by atoms with Crippen molar-refractivity contribution in [2.75, 3.05) is 14.2 Å². The summed E-state index contributed by atoms with van der Waals surface area (Å²) < 4.78 is 12.5. The minimum absolute atomic E-state index is 0.677. The predicted molar refractivity (Wildman–Crippen MR) is 106 cm³/mol. The van der Waals surface area contributed by atoms with Crippen molar-refractivity contribution >= 4 is 11.3 Å². The van der Waals surface area contributed by atoms with Gasteiger partial charge in [-0.05, 0) is 37.3 Å². The van der Waals surface area contributed by atoms with Gasteiger partial charge in [0.25, 0.3) is 0 Å². The highest BCUT2D eigenvalue weighted by molar-refractivity contribution is 7.13. The molecule has 0 saturated heterocycles. The molecule has 0 spiro atoms. The van der Waals surface area contributed by atoms with Crippen molar-refractivity contribution in [3.63, 3.8) is 0 Å².